The molecule has 5 nitrogen and oxygen atoms in total. The van der Waals surface area contributed by atoms with Gasteiger partial charge in [-0.2, -0.15) is 0 Å². The second kappa shape index (κ2) is 9.98. The van der Waals surface area contributed by atoms with E-state index in [1.807, 2.05) is 36.1 Å². The summed E-state index contributed by atoms with van der Waals surface area (Å²) in [6.07, 6.45) is 0.269. The number of amides is 2. The van der Waals surface area contributed by atoms with Gasteiger partial charge < -0.3 is 10.2 Å². The SMILES string of the molecule is CC(NC(=O)CN1CCN(C(=O)Cc2ccc(F)cc2)CC1)c1ccc(Br)cc1. The fourth-order valence-corrected chi connectivity index (χ4v) is 3.63. The fraction of sp³-hybridized carbons (Fsp3) is 0.364. The Hall–Kier alpha value is -2.25. The molecule has 1 fully saturated rings. The van der Waals surface area contributed by atoms with Gasteiger partial charge in [-0.05, 0) is 42.3 Å². The highest BCUT2D eigenvalue weighted by molar-refractivity contribution is 9.10. The highest BCUT2D eigenvalue weighted by atomic mass is 79.9. The molecule has 1 unspecified atom stereocenters. The molecule has 1 N–H and O–H groups in total. The molecule has 1 atom stereocenters. The summed E-state index contributed by atoms with van der Waals surface area (Å²) in [6, 6.07) is 13.8. The lowest BCUT2D eigenvalue weighted by molar-refractivity contribution is -0.132. The molecule has 0 saturated carbocycles. The van der Waals surface area contributed by atoms with Gasteiger partial charge >= 0.3 is 0 Å². The van der Waals surface area contributed by atoms with Crippen LogP contribution < -0.4 is 5.32 Å². The average molecular weight is 462 g/mol. The van der Waals surface area contributed by atoms with Crippen molar-refractivity contribution in [1.29, 1.82) is 0 Å². The third-order valence-electron chi connectivity index (χ3n) is 5.11. The van der Waals surface area contributed by atoms with Gasteiger partial charge in [0.05, 0.1) is 19.0 Å². The number of halogens is 2. The molecular formula is C22H25BrFN3O2. The van der Waals surface area contributed by atoms with Crippen LogP contribution in [0.2, 0.25) is 0 Å². The molecule has 1 aliphatic rings. The summed E-state index contributed by atoms with van der Waals surface area (Å²) in [5.74, 6) is -0.293. The number of piperazine rings is 1. The zero-order valence-electron chi connectivity index (χ0n) is 16.4. The zero-order chi connectivity index (χ0) is 20.8. The van der Waals surface area contributed by atoms with Crippen LogP contribution in [0.25, 0.3) is 0 Å². The molecule has 2 amide bonds. The first kappa shape index (κ1) is 21.5. The Labute approximate surface area is 179 Å². The second-order valence-corrected chi connectivity index (χ2v) is 8.22. The van der Waals surface area contributed by atoms with E-state index in [2.05, 4.69) is 26.1 Å². The molecule has 2 aromatic carbocycles. The summed E-state index contributed by atoms with van der Waals surface area (Å²) in [4.78, 5) is 28.7. The van der Waals surface area contributed by atoms with Crippen LogP contribution in [0.3, 0.4) is 0 Å². The lowest BCUT2D eigenvalue weighted by Crippen LogP contribution is -2.51. The van der Waals surface area contributed by atoms with Crippen LogP contribution in [0, 0.1) is 5.82 Å². The number of carbonyl (C=O) groups is 2. The molecule has 29 heavy (non-hydrogen) atoms. The highest BCUT2D eigenvalue weighted by Gasteiger charge is 2.23. The molecule has 2 aromatic rings. The molecule has 1 heterocycles. The third kappa shape index (κ3) is 6.37. The fourth-order valence-electron chi connectivity index (χ4n) is 3.37. The van der Waals surface area contributed by atoms with Crippen LogP contribution in [0.5, 0.6) is 0 Å². The quantitative estimate of drug-likeness (QED) is 0.718. The molecular weight excluding hydrogens is 437 g/mol. The Morgan fingerprint density at radius 2 is 1.66 bits per heavy atom. The highest BCUT2D eigenvalue weighted by Crippen LogP contribution is 2.16. The molecule has 1 aliphatic heterocycles. The largest absolute Gasteiger partial charge is 0.348 e. The first-order valence-corrected chi connectivity index (χ1v) is 10.5. The number of carbonyl (C=O) groups excluding carboxylic acids is 2. The lowest BCUT2D eigenvalue weighted by atomic mass is 10.1. The molecule has 0 spiro atoms. The smallest absolute Gasteiger partial charge is 0.234 e. The van der Waals surface area contributed by atoms with E-state index in [0.29, 0.717) is 32.7 Å². The predicted molar refractivity (Wildman–Crippen MR) is 114 cm³/mol. The van der Waals surface area contributed by atoms with Gasteiger partial charge in [0.1, 0.15) is 5.82 Å². The Balaban J connectivity index is 1.41. The number of benzene rings is 2. The van der Waals surface area contributed by atoms with E-state index >= 15 is 0 Å². The van der Waals surface area contributed by atoms with Crippen LogP contribution >= 0.6 is 15.9 Å². The number of hydrogen-bond donors (Lipinski definition) is 1. The van der Waals surface area contributed by atoms with Crippen molar-refractivity contribution in [2.45, 2.75) is 19.4 Å². The van der Waals surface area contributed by atoms with Crippen LogP contribution in [-0.4, -0.2) is 54.3 Å². The molecule has 3 rings (SSSR count). The minimum absolute atomic E-state index is 0.0218. The van der Waals surface area contributed by atoms with Crippen LogP contribution in [0.4, 0.5) is 4.39 Å². The van der Waals surface area contributed by atoms with Gasteiger partial charge in [0.15, 0.2) is 0 Å². The summed E-state index contributed by atoms with van der Waals surface area (Å²) in [5, 5.41) is 3.03. The maximum absolute atomic E-state index is 13.0. The number of hydrogen-bond acceptors (Lipinski definition) is 3. The Kier molecular flexibility index (Phi) is 7.39. The third-order valence-corrected chi connectivity index (χ3v) is 5.64. The average Bonchev–Trinajstić information content (AvgIpc) is 2.70. The first-order chi connectivity index (χ1) is 13.9. The monoisotopic (exact) mass is 461 g/mol. The van der Waals surface area contributed by atoms with Gasteiger partial charge in [0.2, 0.25) is 11.8 Å². The van der Waals surface area contributed by atoms with Crippen LogP contribution in [0.15, 0.2) is 53.0 Å². The number of nitrogens with zero attached hydrogens (tertiary/aromatic N) is 2. The van der Waals surface area contributed by atoms with Crippen molar-refractivity contribution in [3.63, 3.8) is 0 Å². The van der Waals surface area contributed by atoms with Crippen molar-refractivity contribution in [3.8, 4) is 0 Å². The summed E-state index contributed by atoms with van der Waals surface area (Å²) >= 11 is 3.41. The van der Waals surface area contributed by atoms with E-state index in [0.717, 1.165) is 15.6 Å². The minimum Gasteiger partial charge on any atom is -0.348 e. The molecule has 7 heteroatoms. The number of nitrogens with one attached hydrogen (secondary N) is 1. The standard InChI is InChI=1S/C22H25BrFN3O2/c1-16(18-4-6-19(23)7-5-18)25-21(28)15-26-10-12-27(13-11-26)22(29)14-17-2-8-20(24)9-3-17/h2-9,16H,10-15H2,1H3,(H,25,28). The number of rotatable bonds is 6. The van der Waals surface area contributed by atoms with Gasteiger partial charge in [0.25, 0.3) is 0 Å². The summed E-state index contributed by atoms with van der Waals surface area (Å²) in [7, 11) is 0. The first-order valence-electron chi connectivity index (χ1n) is 9.70. The van der Waals surface area contributed by atoms with Gasteiger partial charge in [-0.1, -0.05) is 40.2 Å². The van der Waals surface area contributed by atoms with E-state index in [1.54, 1.807) is 12.1 Å². The maximum Gasteiger partial charge on any atom is 0.234 e. The van der Waals surface area contributed by atoms with E-state index in [1.165, 1.54) is 12.1 Å². The van der Waals surface area contributed by atoms with Crippen molar-refractivity contribution in [2.24, 2.45) is 0 Å². The molecule has 0 radical (unpaired) electrons. The van der Waals surface area contributed by atoms with Gasteiger partial charge in [-0.25, -0.2) is 4.39 Å². The minimum atomic E-state index is -0.303. The van der Waals surface area contributed by atoms with E-state index in [9.17, 15) is 14.0 Å². The topological polar surface area (TPSA) is 52.7 Å². The van der Waals surface area contributed by atoms with Crippen LogP contribution in [0.1, 0.15) is 24.1 Å². The molecule has 154 valence electrons. The van der Waals surface area contributed by atoms with Gasteiger partial charge in [0, 0.05) is 30.7 Å². The Morgan fingerprint density at radius 3 is 2.28 bits per heavy atom. The van der Waals surface area contributed by atoms with Crippen molar-refractivity contribution >= 4 is 27.7 Å². The zero-order valence-corrected chi connectivity index (χ0v) is 18.0. The molecule has 0 aliphatic carbocycles. The lowest BCUT2D eigenvalue weighted by Gasteiger charge is -2.34. The summed E-state index contributed by atoms with van der Waals surface area (Å²) < 4.78 is 14.0. The molecule has 0 bridgehead atoms. The van der Waals surface area contributed by atoms with E-state index < -0.39 is 0 Å². The van der Waals surface area contributed by atoms with Crippen molar-refractivity contribution in [3.05, 3.63) is 69.9 Å². The second-order valence-electron chi connectivity index (χ2n) is 7.30. The van der Waals surface area contributed by atoms with Crippen molar-refractivity contribution in [1.82, 2.24) is 15.1 Å². The van der Waals surface area contributed by atoms with E-state index in [4.69, 9.17) is 0 Å². The van der Waals surface area contributed by atoms with Gasteiger partial charge in [-0.15, -0.1) is 0 Å². The van der Waals surface area contributed by atoms with Crippen LogP contribution in [-0.2, 0) is 16.0 Å². The molecule has 0 aromatic heterocycles. The van der Waals surface area contributed by atoms with Crippen molar-refractivity contribution in [2.75, 3.05) is 32.7 Å². The maximum atomic E-state index is 13.0. The Morgan fingerprint density at radius 1 is 1.03 bits per heavy atom. The normalized spacial score (nSPS) is 15.8. The Bertz CT molecular complexity index is 834. The summed E-state index contributed by atoms with van der Waals surface area (Å²) in [5.41, 5.74) is 1.86. The van der Waals surface area contributed by atoms with Crippen molar-refractivity contribution < 1.29 is 14.0 Å². The summed E-state index contributed by atoms with van der Waals surface area (Å²) in [6.45, 7) is 4.80. The van der Waals surface area contributed by atoms with Gasteiger partial charge in [-0.3, -0.25) is 14.5 Å². The predicted octanol–water partition coefficient (Wildman–Crippen LogP) is 3.15. The van der Waals surface area contributed by atoms with E-state index in [-0.39, 0.29) is 30.1 Å². The molecule has 1 saturated heterocycles.